The Morgan fingerprint density at radius 1 is 1.21 bits per heavy atom. The van der Waals surface area contributed by atoms with Crippen molar-refractivity contribution in [2.45, 2.75) is 30.4 Å². The Balaban J connectivity index is 1.94. The van der Waals surface area contributed by atoms with Crippen molar-refractivity contribution < 1.29 is 17.9 Å². The van der Waals surface area contributed by atoms with Crippen molar-refractivity contribution >= 4 is 38.9 Å². The summed E-state index contributed by atoms with van der Waals surface area (Å²) in [7, 11) is -2.18. The molecule has 2 aromatic carbocycles. The van der Waals surface area contributed by atoms with Gasteiger partial charge in [-0.2, -0.15) is 8.42 Å². The minimum absolute atomic E-state index is 0.232. The molecule has 2 aromatic rings. The highest BCUT2D eigenvalue weighted by atomic mass is 32.2. The molecular formula is C20H22N2O4S2. The topological polar surface area (TPSA) is 76.0 Å². The average Bonchev–Trinajstić information content (AvgIpc) is 2.71. The smallest absolute Gasteiger partial charge is 0.286 e. The highest BCUT2D eigenvalue weighted by molar-refractivity contribution is 8.14. The minimum Gasteiger partial charge on any atom is -0.496 e. The molecule has 0 fully saturated rings. The summed E-state index contributed by atoms with van der Waals surface area (Å²) in [5, 5.41) is 0.436. The summed E-state index contributed by atoms with van der Waals surface area (Å²) < 4.78 is 34.7. The van der Waals surface area contributed by atoms with E-state index in [2.05, 4.69) is 11.3 Å². The van der Waals surface area contributed by atoms with Crippen LogP contribution in [0.25, 0.3) is 0 Å². The van der Waals surface area contributed by atoms with Crippen LogP contribution in [0.2, 0.25) is 0 Å². The van der Waals surface area contributed by atoms with Crippen molar-refractivity contribution in [2.75, 3.05) is 18.6 Å². The van der Waals surface area contributed by atoms with Crippen LogP contribution >= 0.6 is 11.8 Å². The number of nitrogens with zero attached hydrogens (tertiary/aromatic N) is 2. The van der Waals surface area contributed by atoms with Gasteiger partial charge in [0.1, 0.15) is 16.9 Å². The second-order valence-corrected chi connectivity index (χ2v) is 8.81. The number of carbonyl (C=O) groups is 1. The van der Waals surface area contributed by atoms with Gasteiger partial charge in [-0.1, -0.05) is 37.2 Å². The van der Waals surface area contributed by atoms with Crippen molar-refractivity contribution in [2.24, 2.45) is 4.40 Å². The van der Waals surface area contributed by atoms with Gasteiger partial charge in [-0.3, -0.25) is 4.79 Å². The van der Waals surface area contributed by atoms with Gasteiger partial charge < -0.3 is 9.64 Å². The van der Waals surface area contributed by atoms with Gasteiger partial charge in [0.25, 0.3) is 10.0 Å². The minimum atomic E-state index is -3.74. The molecule has 0 unspecified atom stereocenters. The van der Waals surface area contributed by atoms with Crippen molar-refractivity contribution in [3.05, 3.63) is 53.6 Å². The third-order valence-electron chi connectivity index (χ3n) is 4.40. The number of anilines is 1. The van der Waals surface area contributed by atoms with Crippen LogP contribution in [-0.4, -0.2) is 33.5 Å². The van der Waals surface area contributed by atoms with Crippen LogP contribution in [-0.2, 0) is 15.8 Å². The van der Waals surface area contributed by atoms with Gasteiger partial charge in [-0.05, 0) is 36.8 Å². The monoisotopic (exact) mass is 418 g/mol. The van der Waals surface area contributed by atoms with Crippen LogP contribution in [0.3, 0.4) is 0 Å². The Labute approximate surface area is 169 Å². The second kappa shape index (κ2) is 8.79. The number of aldehydes is 1. The first-order valence-electron chi connectivity index (χ1n) is 8.96. The molecule has 1 aliphatic rings. The number of sulfonamides is 1. The molecule has 0 bridgehead atoms. The second-order valence-electron chi connectivity index (χ2n) is 6.30. The number of unbranched alkanes of at least 4 members (excludes halogenated alkanes) is 1. The molecule has 0 saturated heterocycles. The van der Waals surface area contributed by atoms with Gasteiger partial charge in [-0.25, -0.2) is 0 Å². The van der Waals surface area contributed by atoms with Crippen LogP contribution < -0.4 is 9.64 Å². The van der Waals surface area contributed by atoms with Gasteiger partial charge in [0.15, 0.2) is 5.17 Å². The standard InChI is InChI=1S/C20H22N2O4S2/c1-3-4-11-22-17-7-5-6-8-19(17)28(24,25)21-20(22)27-14-16-12-15(13-23)9-10-18(16)26-2/h5-10,12-13H,3-4,11,14H2,1-2H3. The van der Waals surface area contributed by atoms with Crippen molar-refractivity contribution in [3.8, 4) is 5.75 Å². The van der Waals surface area contributed by atoms with E-state index in [1.54, 1.807) is 37.4 Å². The van der Waals surface area contributed by atoms with Crippen LogP contribution in [0.4, 0.5) is 5.69 Å². The number of amidine groups is 1. The average molecular weight is 419 g/mol. The van der Waals surface area contributed by atoms with E-state index in [4.69, 9.17) is 4.74 Å². The summed E-state index contributed by atoms with van der Waals surface area (Å²) in [4.78, 5) is 13.3. The summed E-state index contributed by atoms with van der Waals surface area (Å²) in [5.41, 5.74) is 2.01. The highest BCUT2D eigenvalue weighted by Gasteiger charge is 2.30. The Morgan fingerprint density at radius 2 is 2.00 bits per heavy atom. The number of rotatable bonds is 7. The Kier molecular flexibility index (Phi) is 6.41. The number of methoxy groups -OCH3 is 1. The van der Waals surface area contributed by atoms with E-state index in [1.165, 1.54) is 11.8 Å². The van der Waals surface area contributed by atoms with Crippen LogP contribution in [0.15, 0.2) is 51.8 Å². The molecule has 0 aromatic heterocycles. The lowest BCUT2D eigenvalue weighted by Gasteiger charge is -2.30. The summed E-state index contributed by atoms with van der Waals surface area (Å²) in [6.07, 6.45) is 2.68. The maximum absolute atomic E-state index is 12.6. The zero-order valence-corrected chi connectivity index (χ0v) is 17.4. The summed E-state index contributed by atoms with van der Waals surface area (Å²) in [5.74, 6) is 1.09. The molecule has 0 radical (unpaired) electrons. The molecule has 8 heteroatoms. The molecule has 1 aliphatic heterocycles. The van der Waals surface area contributed by atoms with E-state index in [9.17, 15) is 13.2 Å². The maximum Gasteiger partial charge on any atom is 0.286 e. The van der Waals surface area contributed by atoms with E-state index < -0.39 is 10.0 Å². The third-order valence-corrected chi connectivity index (χ3v) is 6.85. The molecule has 0 atom stereocenters. The Hall–Kier alpha value is -2.32. The van der Waals surface area contributed by atoms with Gasteiger partial charge in [-0.15, -0.1) is 4.40 Å². The number of para-hydroxylation sites is 1. The van der Waals surface area contributed by atoms with E-state index in [-0.39, 0.29) is 4.90 Å². The third kappa shape index (κ3) is 4.23. The predicted octanol–water partition coefficient (Wildman–Crippen LogP) is 4.11. The molecular weight excluding hydrogens is 396 g/mol. The number of benzene rings is 2. The molecule has 0 saturated carbocycles. The van der Waals surface area contributed by atoms with Crippen LogP contribution in [0.5, 0.6) is 5.75 Å². The highest BCUT2D eigenvalue weighted by Crippen LogP contribution is 2.36. The fraction of sp³-hybridized carbons (Fsp3) is 0.300. The molecule has 3 rings (SSSR count). The number of hydrogen-bond acceptors (Lipinski definition) is 6. The largest absolute Gasteiger partial charge is 0.496 e. The fourth-order valence-corrected chi connectivity index (χ4v) is 5.42. The SMILES string of the molecule is CCCCN1C(SCc2cc(C=O)ccc2OC)=NS(=O)(=O)c2ccccc21. The van der Waals surface area contributed by atoms with Gasteiger partial charge >= 0.3 is 0 Å². The first-order chi connectivity index (χ1) is 13.5. The normalized spacial score (nSPS) is 14.9. The molecule has 0 amide bonds. The van der Waals surface area contributed by atoms with Crippen molar-refractivity contribution in [1.82, 2.24) is 0 Å². The molecule has 0 aliphatic carbocycles. The lowest BCUT2D eigenvalue weighted by Crippen LogP contribution is -2.34. The van der Waals surface area contributed by atoms with Gasteiger partial charge in [0.05, 0.1) is 12.8 Å². The van der Waals surface area contributed by atoms with E-state index in [1.807, 2.05) is 17.0 Å². The predicted molar refractivity (Wildman–Crippen MR) is 113 cm³/mol. The zero-order valence-electron chi connectivity index (χ0n) is 15.8. The molecule has 0 N–H and O–H groups in total. The number of carbonyl (C=O) groups excluding carboxylic acids is 1. The van der Waals surface area contributed by atoms with Crippen molar-refractivity contribution in [3.63, 3.8) is 0 Å². The van der Waals surface area contributed by atoms with Crippen LogP contribution in [0.1, 0.15) is 35.7 Å². The summed E-state index contributed by atoms with van der Waals surface area (Å²) >= 11 is 1.32. The van der Waals surface area contributed by atoms with Gasteiger partial charge in [0, 0.05) is 23.4 Å². The molecule has 6 nitrogen and oxygen atoms in total. The quantitative estimate of drug-likeness (QED) is 0.630. The first-order valence-corrected chi connectivity index (χ1v) is 11.4. The molecule has 148 valence electrons. The number of hydrogen-bond donors (Lipinski definition) is 0. The first kappa shape index (κ1) is 20.4. The fourth-order valence-electron chi connectivity index (χ4n) is 2.97. The van der Waals surface area contributed by atoms with Crippen LogP contribution in [0, 0.1) is 0 Å². The Bertz CT molecular complexity index is 1000. The van der Waals surface area contributed by atoms with E-state index in [0.29, 0.717) is 34.5 Å². The molecule has 28 heavy (non-hydrogen) atoms. The van der Waals surface area contributed by atoms with E-state index >= 15 is 0 Å². The summed E-state index contributed by atoms with van der Waals surface area (Å²) in [6, 6.07) is 12.1. The lowest BCUT2D eigenvalue weighted by molar-refractivity contribution is 0.112. The maximum atomic E-state index is 12.6. The van der Waals surface area contributed by atoms with E-state index in [0.717, 1.165) is 24.7 Å². The van der Waals surface area contributed by atoms with Crippen molar-refractivity contribution in [1.29, 1.82) is 0 Å². The number of ether oxygens (including phenoxy) is 1. The number of thioether (sulfide) groups is 1. The summed E-state index contributed by atoms with van der Waals surface area (Å²) in [6.45, 7) is 2.77. The Morgan fingerprint density at radius 3 is 2.71 bits per heavy atom. The molecule has 1 heterocycles. The lowest BCUT2D eigenvalue weighted by atomic mass is 10.1. The number of fused-ring (bicyclic) bond motifs is 1. The van der Waals surface area contributed by atoms with Gasteiger partial charge in [0.2, 0.25) is 0 Å². The zero-order chi connectivity index (χ0) is 20.1. The molecule has 0 spiro atoms.